The van der Waals surface area contributed by atoms with Crippen LogP contribution in [0.5, 0.6) is 0 Å². The highest BCUT2D eigenvalue weighted by Crippen LogP contribution is 2.39. The van der Waals surface area contributed by atoms with Crippen molar-refractivity contribution in [3.8, 4) is 33.8 Å². The topological polar surface area (TPSA) is 22.8 Å². The number of pyridine rings is 1. The smallest absolute Gasteiger partial charge is 0.265 e. The Bertz CT molecular complexity index is 3120. The molecule has 0 fully saturated rings. The molecule has 0 unspecified atom stereocenters. The van der Waals surface area contributed by atoms with E-state index < -0.39 is 0 Å². The van der Waals surface area contributed by atoms with Gasteiger partial charge in [-0.1, -0.05) is 181 Å². The molecule has 0 aliphatic heterocycles. The first-order valence-corrected chi connectivity index (χ1v) is 19.6. The number of fused-ring (bicyclic) bond motifs is 6. The van der Waals surface area contributed by atoms with Crippen molar-refractivity contribution in [1.29, 1.82) is 0 Å². The third-order valence-electron chi connectivity index (χ3n) is 11.5. The molecular formula is C53H36BN3. The van der Waals surface area contributed by atoms with E-state index in [1.807, 2.05) is 0 Å². The van der Waals surface area contributed by atoms with Gasteiger partial charge >= 0.3 is 0 Å². The summed E-state index contributed by atoms with van der Waals surface area (Å²) in [5.41, 5.74) is 14.0. The fourth-order valence-electron chi connectivity index (χ4n) is 8.79. The second-order valence-electron chi connectivity index (χ2n) is 14.8. The Balaban J connectivity index is 1.10. The second kappa shape index (κ2) is 13.7. The van der Waals surface area contributed by atoms with Crippen LogP contribution in [0, 0.1) is 0 Å². The Morgan fingerprint density at radius 3 is 1.30 bits per heavy atom. The highest BCUT2D eigenvalue weighted by molar-refractivity contribution is 6.95. The summed E-state index contributed by atoms with van der Waals surface area (Å²) in [6.07, 6.45) is 0. The molecule has 0 aliphatic carbocycles. The summed E-state index contributed by atoms with van der Waals surface area (Å²) in [5, 5.41) is 4.86. The summed E-state index contributed by atoms with van der Waals surface area (Å²) >= 11 is 0. The first-order chi connectivity index (χ1) is 28.3. The summed E-state index contributed by atoms with van der Waals surface area (Å²) in [5.74, 6) is 0.900. The summed E-state index contributed by atoms with van der Waals surface area (Å²) in [6.45, 7) is -0.0803. The molecule has 0 spiro atoms. The summed E-state index contributed by atoms with van der Waals surface area (Å²) in [7, 11) is 0. The van der Waals surface area contributed by atoms with Crippen molar-refractivity contribution in [1.82, 2.24) is 14.1 Å². The number of benzene rings is 8. The van der Waals surface area contributed by atoms with Crippen molar-refractivity contribution in [2.45, 2.75) is 0 Å². The van der Waals surface area contributed by atoms with Gasteiger partial charge in [-0.05, 0) is 70.8 Å². The molecule has 266 valence electrons. The highest BCUT2D eigenvalue weighted by atomic mass is 15.1. The van der Waals surface area contributed by atoms with E-state index in [0.717, 1.165) is 28.1 Å². The second-order valence-corrected chi connectivity index (χ2v) is 14.8. The minimum absolute atomic E-state index is 0.0803. The maximum atomic E-state index is 5.58. The van der Waals surface area contributed by atoms with Crippen LogP contribution in [0.25, 0.3) is 77.4 Å². The molecule has 0 amide bonds. The van der Waals surface area contributed by atoms with Gasteiger partial charge in [0.15, 0.2) is 0 Å². The normalized spacial score (nSPS) is 11.5. The van der Waals surface area contributed by atoms with Crippen LogP contribution in [0.2, 0.25) is 0 Å². The van der Waals surface area contributed by atoms with Crippen molar-refractivity contribution in [2.75, 3.05) is 0 Å². The Morgan fingerprint density at radius 1 is 0.316 bits per heavy atom. The fourth-order valence-corrected chi connectivity index (χ4v) is 8.79. The van der Waals surface area contributed by atoms with Gasteiger partial charge in [0.25, 0.3) is 6.71 Å². The minimum Gasteiger partial charge on any atom is -0.309 e. The zero-order valence-electron chi connectivity index (χ0n) is 31.2. The largest absolute Gasteiger partial charge is 0.309 e. The summed E-state index contributed by atoms with van der Waals surface area (Å²) < 4.78 is 4.75. The lowest BCUT2D eigenvalue weighted by atomic mass is 9.38. The van der Waals surface area contributed by atoms with Crippen LogP contribution < -0.4 is 16.5 Å². The van der Waals surface area contributed by atoms with E-state index in [1.54, 1.807) is 0 Å². The average Bonchev–Trinajstić information content (AvgIpc) is 3.79. The van der Waals surface area contributed by atoms with Crippen LogP contribution in [0.1, 0.15) is 0 Å². The van der Waals surface area contributed by atoms with Crippen LogP contribution in [-0.4, -0.2) is 20.8 Å². The van der Waals surface area contributed by atoms with E-state index in [2.05, 4.69) is 228 Å². The van der Waals surface area contributed by atoms with Gasteiger partial charge in [0.1, 0.15) is 5.82 Å². The molecule has 0 atom stereocenters. The fraction of sp³-hybridized carbons (Fsp3) is 0. The molecule has 0 radical (unpaired) electrons. The Labute approximate surface area is 331 Å². The molecule has 3 nitrogen and oxygen atoms in total. The van der Waals surface area contributed by atoms with Crippen molar-refractivity contribution in [2.24, 2.45) is 0 Å². The van der Waals surface area contributed by atoms with Crippen molar-refractivity contribution >= 4 is 66.8 Å². The van der Waals surface area contributed by atoms with E-state index in [9.17, 15) is 0 Å². The van der Waals surface area contributed by atoms with Gasteiger partial charge in [-0.15, -0.1) is 0 Å². The molecule has 11 aromatic rings. The van der Waals surface area contributed by atoms with Crippen LogP contribution in [-0.2, 0) is 0 Å². The lowest BCUT2D eigenvalue weighted by molar-refractivity contribution is 1.09. The van der Waals surface area contributed by atoms with E-state index in [-0.39, 0.29) is 6.71 Å². The summed E-state index contributed by atoms with van der Waals surface area (Å²) in [4.78, 5) is 5.58. The first-order valence-electron chi connectivity index (χ1n) is 19.6. The highest BCUT2D eigenvalue weighted by Gasteiger charge is 2.25. The predicted molar refractivity (Wildman–Crippen MR) is 241 cm³/mol. The molecule has 4 heteroatoms. The van der Waals surface area contributed by atoms with Gasteiger partial charge in [-0.2, -0.15) is 0 Å². The minimum atomic E-state index is -0.0803. The number of hydrogen-bond acceptors (Lipinski definition) is 1. The number of hydrogen-bond donors (Lipinski definition) is 0. The summed E-state index contributed by atoms with van der Waals surface area (Å²) in [6, 6.07) is 78.6. The molecular weight excluding hydrogens is 689 g/mol. The third-order valence-corrected chi connectivity index (χ3v) is 11.5. The number of rotatable bonds is 7. The maximum Gasteiger partial charge on any atom is 0.265 e. The molecule has 3 aromatic heterocycles. The van der Waals surface area contributed by atoms with Gasteiger partial charge in [0.2, 0.25) is 0 Å². The molecule has 57 heavy (non-hydrogen) atoms. The van der Waals surface area contributed by atoms with Gasteiger partial charge in [-0.3, -0.25) is 4.57 Å². The number of aromatic nitrogens is 3. The Morgan fingerprint density at radius 2 is 0.754 bits per heavy atom. The molecule has 3 heterocycles. The van der Waals surface area contributed by atoms with E-state index in [0.29, 0.717) is 0 Å². The zero-order valence-corrected chi connectivity index (χ0v) is 31.2. The SMILES string of the molecule is c1ccc(-c2ccc(B(c3ccc(-c4ccccc4)cc3)c3cccc(-n4c5ccccc5c5cc6c(cc54)c4ccccc4n6-c4ccccc4)n3)cc2)cc1. The van der Waals surface area contributed by atoms with Gasteiger partial charge in [-0.25, -0.2) is 4.98 Å². The number of nitrogens with zero attached hydrogens (tertiary/aromatic N) is 3. The molecule has 0 bridgehead atoms. The van der Waals surface area contributed by atoms with Crippen LogP contribution >= 0.6 is 0 Å². The van der Waals surface area contributed by atoms with E-state index in [4.69, 9.17) is 4.98 Å². The molecule has 0 aliphatic rings. The standard InChI is InChI=1S/C53H36BN3/c1-4-15-37(16-5-1)39-27-31-41(32-28-39)54(42-33-29-40(30-34-42)38-17-6-2-7-18-38)52-25-14-26-53(55-52)57-49-24-13-11-22-45(49)47-35-50-46(36-51(47)57)44-21-10-12-23-48(44)56(50)43-19-8-3-9-20-43/h1-36H. The maximum absolute atomic E-state index is 5.58. The van der Waals surface area contributed by atoms with Crippen molar-refractivity contribution < 1.29 is 0 Å². The Hall–Kier alpha value is -7.43. The molecule has 8 aromatic carbocycles. The third kappa shape index (κ3) is 5.65. The Kier molecular flexibility index (Phi) is 7.92. The monoisotopic (exact) mass is 725 g/mol. The average molecular weight is 726 g/mol. The van der Waals surface area contributed by atoms with Gasteiger partial charge in [0.05, 0.1) is 22.1 Å². The van der Waals surface area contributed by atoms with E-state index >= 15 is 0 Å². The van der Waals surface area contributed by atoms with Crippen LogP contribution in [0.4, 0.5) is 0 Å². The van der Waals surface area contributed by atoms with Crippen LogP contribution in [0.3, 0.4) is 0 Å². The molecule has 0 saturated carbocycles. The quantitative estimate of drug-likeness (QED) is 0.150. The molecule has 0 N–H and O–H groups in total. The molecule has 0 saturated heterocycles. The predicted octanol–water partition coefficient (Wildman–Crippen LogP) is 11.1. The van der Waals surface area contributed by atoms with Crippen molar-refractivity contribution in [3.63, 3.8) is 0 Å². The lowest BCUT2D eigenvalue weighted by Crippen LogP contribution is -2.53. The number of para-hydroxylation sites is 3. The van der Waals surface area contributed by atoms with Gasteiger partial charge < -0.3 is 4.57 Å². The first kappa shape index (κ1) is 33.0. The van der Waals surface area contributed by atoms with Gasteiger partial charge in [0, 0.05) is 32.8 Å². The lowest BCUT2D eigenvalue weighted by Gasteiger charge is -2.17. The molecule has 11 rings (SSSR count). The van der Waals surface area contributed by atoms with E-state index in [1.165, 1.54) is 65.8 Å². The van der Waals surface area contributed by atoms with Crippen molar-refractivity contribution in [3.05, 3.63) is 218 Å². The zero-order chi connectivity index (χ0) is 37.7. The van der Waals surface area contributed by atoms with Crippen LogP contribution in [0.15, 0.2) is 218 Å².